The largest absolute Gasteiger partial charge is 0.495 e. The molecule has 1 fully saturated rings. The van der Waals surface area contributed by atoms with Crippen molar-refractivity contribution < 1.29 is 14.3 Å². The molecule has 0 amide bonds. The molecule has 5 rings (SSSR count). The molecule has 4 heterocycles. The van der Waals surface area contributed by atoms with E-state index in [-0.39, 0.29) is 12.0 Å². The minimum atomic E-state index is -0.240. The molecule has 2 aliphatic rings. The van der Waals surface area contributed by atoms with E-state index >= 15 is 0 Å². The lowest BCUT2D eigenvalue weighted by Gasteiger charge is -2.34. The van der Waals surface area contributed by atoms with E-state index in [9.17, 15) is 10.1 Å². The van der Waals surface area contributed by atoms with Crippen LogP contribution in [0, 0.1) is 25.2 Å². The molecule has 1 N–H and O–H groups in total. The zero-order valence-electron chi connectivity index (χ0n) is 19.3. The second-order valence-electron chi connectivity index (χ2n) is 8.53. The fourth-order valence-corrected chi connectivity index (χ4v) is 4.66. The van der Waals surface area contributed by atoms with Crippen molar-refractivity contribution in [3.8, 4) is 17.6 Å². The second kappa shape index (κ2) is 8.85. The van der Waals surface area contributed by atoms with Crippen molar-refractivity contribution in [2.24, 2.45) is 0 Å². The Kier molecular flexibility index (Phi) is 5.73. The maximum absolute atomic E-state index is 11.9. The third-order valence-corrected chi connectivity index (χ3v) is 6.49. The van der Waals surface area contributed by atoms with Crippen LogP contribution in [0.1, 0.15) is 50.0 Å². The van der Waals surface area contributed by atoms with Crippen LogP contribution in [0.3, 0.4) is 0 Å². The van der Waals surface area contributed by atoms with E-state index in [0.29, 0.717) is 41.5 Å². The molecule has 0 aliphatic carbocycles. The Morgan fingerprint density at radius 2 is 2.21 bits per heavy atom. The zero-order valence-corrected chi connectivity index (χ0v) is 19.3. The number of carbonyl (C=O) groups excluding carboxylic acids is 1. The van der Waals surface area contributed by atoms with Crippen LogP contribution in [0.2, 0.25) is 0 Å². The molecule has 1 atom stereocenters. The molecular formula is C24H25N7O3. The molecule has 1 aromatic carbocycles. The molecule has 3 aromatic rings. The number of fused-ring (bicyclic) bond motifs is 1. The van der Waals surface area contributed by atoms with Crippen LogP contribution in [0.15, 0.2) is 24.4 Å². The number of rotatable bonds is 5. The van der Waals surface area contributed by atoms with Gasteiger partial charge in [0.05, 0.1) is 30.3 Å². The topological polar surface area (TPSA) is 118 Å². The van der Waals surface area contributed by atoms with E-state index in [1.165, 1.54) is 12.7 Å². The highest BCUT2D eigenvalue weighted by Crippen LogP contribution is 2.30. The van der Waals surface area contributed by atoms with E-state index < -0.39 is 0 Å². The van der Waals surface area contributed by atoms with Gasteiger partial charge in [-0.25, -0.2) is 14.5 Å². The minimum Gasteiger partial charge on any atom is -0.495 e. The number of benzene rings is 1. The van der Waals surface area contributed by atoms with Crippen LogP contribution in [-0.4, -0.2) is 57.6 Å². The number of aryl methyl sites for hydroxylation is 1. The van der Waals surface area contributed by atoms with Crippen molar-refractivity contribution in [1.82, 2.24) is 30.2 Å². The summed E-state index contributed by atoms with van der Waals surface area (Å²) in [6.07, 6.45) is 1.86. The molecule has 0 radical (unpaired) electrons. The zero-order chi connectivity index (χ0) is 23.8. The van der Waals surface area contributed by atoms with E-state index in [1.54, 1.807) is 17.7 Å². The minimum absolute atomic E-state index is 0.150. The van der Waals surface area contributed by atoms with E-state index in [2.05, 4.69) is 38.5 Å². The summed E-state index contributed by atoms with van der Waals surface area (Å²) in [5.74, 6) is 0.773. The number of nitriles is 1. The number of nitrogens with one attached hydrogen (secondary N) is 1. The molecule has 10 nitrogen and oxygen atoms in total. The molecule has 0 unspecified atom stereocenters. The maximum atomic E-state index is 11.9. The van der Waals surface area contributed by atoms with Gasteiger partial charge >= 0.3 is 5.97 Å². The van der Waals surface area contributed by atoms with E-state index in [1.807, 2.05) is 18.3 Å². The maximum Gasteiger partial charge on any atom is 0.338 e. The number of aromatic nitrogens is 4. The number of cyclic esters (lactones) is 1. The Balaban J connectivity index is 1.32. The number of methoxy groups -OCH3 is 1. The lowest BCUT2D eigenvalue weighted by atomic mass is 9.93. The van der Waals surface area contributed by atoms with Gasteiger partial charge in [0.2, 0.25) is 0 Å². The van der Waals surface area contributed by atoms with Gasteiger partial charge in [-0.1, -0.05) is 11.3 Å². The first-order valence-electron chi connectivity index (χ1n) is 11.1. The van der Waals surface area contributed by atoms with Crippen LogP contribution in [0.5, 0.6) is 5.75 Å². The third kappa shape index (κ3) is 3.89. The van der Waals surface area contributed by atoms with Crippen LogP contribution < -0.4 is 10.1 Å². The molecule has 0 saturated carbocycles. The summed E-state index contributed by atoms with van der Waals surface area (Å²) in [5, 5.41) is 21.5. The monoisotopic (exact) mass is 459 g/mol. The summed E-state index contributed by atoms with van der Waals surface area (Å²) in [6, 6.07) is 7.87. The van der Waals surface area contributed by atoms with E-state index in [4.69, 9.17) is 9.47 Å². The lowest BCUT2D eigenvalue weighted by molar-refractivity contribution is 0.0535. The highest BCUT2D eigenvalue weighted by atomic mass is 16.5. The highest BCUT2D eigenvalue weighted by Gasteiger charge is 2.28. The molecule has 2 aromatic heterocycles. The Morgan fingerprint density at radius 3 is 3.00 bits per heavy atom. The highest BCUT2D eigenvalue weighted by molar-refractivity contribution is 5.94. The first kappa shape index (κ1) is 22.0. The van der Waals surface area contributed by atoms with Crippen molar-refractivity contribution in [2.75, 3.05) is 26.7 Å². The van der Waals surface area contributed by atoms with Gasteiger partial charge in [0.25, 0.3) is 0 Å². The first-order chi connectivity index (χ1) is 16.5. The number of hydrogen-bond donors (Lipinski definition) is 1. The van der Waals surface area contributed by atoms with Crippen LogP contribution >= 0.6 is 0 Å². The quantitative estimate of drug-likeness (QED) is 0.571. The Labute approximate surface area is 197 Å². The molecule has 0 bridgehead atoms. The number of nitrogens with zero attached hydrogens (tertiary/aromatic N) is 6. The Morgan fingerprint density at radius 1 is 1.35 bits per heavy atom. The number of hydrogen-bond acceptors (Lipinski definition) is 9. The predicted octanol–water partition coefficient (Wildman–Crippen LogP) is 1.98. The van der Waals surface area contributed by atoms with E-state index in [0.717, 1.165) is 36.5 Å². The Bertz CT molecular complexity index is 1310. The van der Waals surface area contributed by atoms with Gasteiger partial charge in [0.1, 0.15) is 24.0 Å². The summed E-state index contributed by atoms with van der Waals surface area (Å²) in [5.41, 5.74) is 5.79. The average Bonchev–Trinajstić information content (AvgIpc) is 3.46. The summed E-state index contributed by atoms with van der Waals surface area (Å²) in [6.45, 7) is 7.37. The fraction of sp³-hybridized carbons (Fsp3) is 0.375. The third-order valence-electron chi connectivity index (χ3n) is 6.49. The van der Waals surface area contributed by atoms with Crippen molar-refractivity contribution in [3.63, 3.8) is 0 Å². The number of esters is 1. The number of ether oxygens (including phenoxy) is 2. The smallest absolute Gasteiger partial charge is 0.338 e. The number of carbonyl (C=O) groups is 1. The molecule has 2 aliphatic heterocycles. The van der Waals surface area contributed by atoms with Gasteiger partial charge in [-0.05, 0) is 31.0 Å². The van der Waals surface area contributed by atoms with Gasteiger partial charge < -0.3 is 14.8 Å². The van der Waals surface area contributed by atoms with Crippen molar-refractivity contribution >= 4 is 5.97 Å². The lowest BCUT2D eigenvalue weighted by Crippen LogP contribution is -2.45. The fourth-order valence-electron chi connectivity index (χ4n) is 4.66. The molecule has 0 spiro atoms. The second-order valence-corrected chi connectivity index (χ2v) is 8.53. The summed E-state index contributed by atoms with van der Waals surface area (Å²) < 4.78 is 12.1. The average molecular weight is 460 g/mol. The Hall–Kier alpha value is -3.81. The van der Waals surface area contributed by atoms with Gasteiger partial charge in [-0.3, -0.25) is 4.90 Å². The SMILES string of the molecule is COc1cc(-n2cc(CN3CCN[C@H](c4ccc5c(c4C)COC5=O)C3)nn2)nc(C)c1C#N. The normalized spacial score (nSPS) is 17.8. The van der Waals surface area contributed by atoms with Crippen LogP contribution in [-0.2, 0) is 17.9 Å². The van der Waals surface area contributed by atoms with Crippen molar-refractivity contribution in [1.29, 1.82) is 5.26 Å². The molecule has 1 saturated heterocycles. The van der Waals surface area contributed by atoms with Gasteiger partial charge in [-0.15, -0.1) is 5.10 Å². The van der Waals surface area contributed by atoms with Crippen molar-refractivity contribution in [2.45, 2.75) is 33.0 Å². The number of piperazine rings is 1. The van der Waals surface area contributed by atoms with Crippen molar-refractivity contribution in [3.05, 3.63) is 63.6 Å². The molecule has 174 valence electrons. The van der Waals surface area contributed by atoms with Crippen LogP contribution in [0.25, 0.3) is 5.82 Å². The number of pyridine rings is 1. The molecular weight excluding hydrogens is 434 g/mol. The van der Waals surface area contributed by atoms with Gasteiger partial charge in [0.15, 0.2) is 5.82 Å². The van der Waals surface area contributed by atoms with Gasteiger partial charge in [0, 0.05) is 43.9 Å². The predicted molar refractivity (Wildman–Crippen MR) is 121 cm³/mol. The molecule has 10 heteroatoms. The standard InChI is InChI=1S/C24H25N7O3/c1-14-17(4-5-18-20(14)13-34-24(18)32)21-12-30(7-6-26-21)10-16-11-31(29-28-16)23-8-22(33-3)19(9-25)15(2)27-23/h4-5,8,11,21,26H,6-7,10,12-13H2,1-3H3/t21-/m0/s1. The first-order valence-corrected chi connectivity index (χ1v) is 11.1. The summed E-state index contributed by atoms with van der Waals surface area (Å²) in [4.78, 5) is 18.7. The summed E-state index contributed by atoms with van der Waals surface area (Å²) >= 11 is 0. The summed E-state index contributed by atoms with van der Waals surface area (Å²) in [7, 11) is 1.53. The van der Waals surface area contributed by atoms with Gasteiger partial charge in [-0.2, -0.15) is 5.26 Å². The van der Waals surface area contributed by atoms with Crippen LogP contribution in [0.4, 0.5) is 0 Å². The molecule has 34 heavy (non-hydrogen) atoms.